The van der Waals surface area contributed by atoms with Crippen LogP contribution >= 0.6 is 0 Å². The molecule has 1 aliphatic carbocycles. The van der Waals surface area contributed by atoms with Gasteiger partial charge in [-0.3, -0.25) is 0 Å². The maximum Gasteiger partial charge on any atom is 0.317 e. The van der Waals surface area contributed by atoms with Crippen molar-refractivity contribution in [3.8, 4) is 0 Å². The Morgan fingerprint density at radius 3 is 2.37 bits per heavy atom. The van der Waals surface area contributed by atoms with Gasteiger partial charge in [0, 0.05) is 32.2 Å². The third-order valence-corrected chi connectivity index (χ3v) is 7.46. The number of sulfonamides is 1. The Kier molecular flexibility index (Phi) is 4.82. The molecule has 2 fully saturated rings. The average Bonchev–Trinajstić information content (AvgIpc) is 3.53. The first-order valence-corrected chi connectivity index (χ1v) is 10.9. The van der Waals surface area contributed by atoms with Crippen LogP contribution in [0, 0.1) is 5.92 Å². The Hall–Kier alpha value is -2.12. The van der Waals surface area contributed by atoms with Crippen molar-refractivity contribution < 1.29 is 13.2 Å². The first kappa shape index (κ1) is 18.3. The zero-order valence-corrected chi connectivity index (χ0v) is 16.3. The normalized spacial score (nSPS) is 19.8. The Morgan fingerprint density at radius 1 is 1.04 bits per heavy atom. The zero-order valence-electron chi connectivity index (χ0n) is 15.5. The van der Waals surface area contributed by atoms with Gasteiger partial charge in [-0.1, -0.05) is 30.3 Å². The van der Waals surface area contributed by atoms with Crippen LogP contribution in [0.25, 0.3) is 10.8 Å². The summed E-state index contributed by atoms with van der Waals surface area (Å²) >= 11 is 0. The molecule has 1 saturated carbocycles. The lowest BCUT2D eigenvalue weighted by Crippen LogP contribution is -2.54. The number of nitrogens with one attached hydrogen (secondary N) is 1. The largest absolute Gasteiger partial charge is 0.335 e. The van der Waals surface area contributed by atoms with Gasteiger partial charge in [0.25, 0.3) is 0 Å². The van der Waals surface area contributed by atoms with E-state index in [2.05, 4.69) is 5.32 Å². The standard InChI is InChI=1S/C20H25N3O3S/c1-15(16-6-7-16)21-20(24)22-10-12-23(13-11-22)27(25,26)19-9-8-17-4-2-3-5-18(17)14-19/h2-5,8-9,14-16H,6-7,10-13H2,1H3,(H,21,24). The molecule has 7 heteroatoms. The second-order valence-corrected chi connectivity index (χ2v) is 9.41. The van der Waals surface area contributed by atoms with Crippen molar-refractivity contribution >= 4 is 26.8 Å². The highest BCUT2D eigenvalue weighted by Gasteiger charge is 2.33. The van der Waals surface area contributed by atoms with Crippen LogP contribution in [0.5, 0.6) is 0 Å². The van der Waals surface area contributed by atoms with E-state index in [-0.39, 0.29) is 12.1 Å². The van der Waals surface area contributed by atoms with Crippen molar-refractivity contribution in [3.05, 3.63) is 42.5 Å². The lowest BCUT2D eigenvalue weighted by atomic mass is 10.1. The number of fused-ring (bicyclic) bond motifs is 1. The molecule has 27 heavy (non-hydrogen) atoms. The fourth-order valence-corrected chi connectivity index (χ4v) is 5.07. The molecule has 1 unspecified atom stereocenters. The van der Waals surface area contributed by atoms with Crippen molar-refractivity contribution in [1.29, 1.82) is 0 Å². The van der Waals surface area contributed by atoms with Crippen LogP contribution in [0.2, 0.25) is 0 Å². The quantitative estimate of drug-likeness (QED) is 0.877. The minimum absolute atomic E-state index is 0.0860. The SMILES string of the molecule is CC(NC(=O)N1CCN(S(=O)(=O)c2ccc3ccccc3c2)CC1)C1CC1. The van der Waals surface area contributed by atoms with Gasteiger partial charge in [0.05, 0.1) is 4.90 Å². The monoisotopic (exact) mass is 387 g/mol. The molecule has 0 bridgehead atoms. The molecule has 2 aromatic carbocycles. The van der Waals surface area contributed by atoms with E-state index in [0.29, 0.717) is 37.0 Å². The second-order valence-electron chi connectivity index (χ2n) is 7.48. The summed E-state index contributed by atoms with van der Waals surface area (Å²) in [5, 5.41) is 4.96. The van der Waals surface area contributed by atoms with E-state index in [1.807, 2.05) is 37.3 Å². The van der Waals surface area contributed by atoms with Gasteiger partial charge < -0.3 is 10.2 Å². The highest BCUT2D eigenvalue weighted by molar-refractivity contribution is 7.89. The Labute approximate surface area is 160 Å². The molecular formula is C20H25N3O3S. The predicted octanol–water partition coefficient (Wildman–Crippen LogP) is 2.65. The molecule has 1 heterocycles. The second kappa shape index (κ2) is 7.13. The minimum atomic E-state index is -3.55. The number of carbonyl (C=O) groups is 1. The fraction of sp³-hybridized carbons (Fsp3) is 0.450. The number of nitrogens with zero attached hydrogens (tertiary/aromatic N) is 2. The minimum Gasteiger partial charge on any atom is -0.335 e. The Bertz CT molecular complexity index is 948. The topological polar surface area (TPSA) is 69.7 Å². The summed E-state index contributed by atoms with van der Waals surface area (Å²) in [4.78, 5) is 14.4. The van der Waals surface area contributed by atoms with E-state index in [9.17, 15) is 13.2 Å². The predicted molar refractivity (Wildman–Crippen MR) is 105 cm³/mol. The molecule has 1 atom stereocenters. The van der Waals surface area contributed by atoms with Crippen LogP contribution in [0.4, 0.5) is 4.79 Å². The lowest BCUT2D eigenvalue weighted by molar-refractivity contribution is 0.168. The van der Waals surface area contributed by atoms with Gasteiger partial charge >= 0.3 is 6.03 Å². The fourth-order valence-electron chi connectivity index (χ4n) is 3.61. The molecule has 0 radical (unpaired) electrons. The number of hydrogen-bond acceptors (Lipinski definition) is 3. The van der Waals surface area contributed by atoms with Crippen LogP contribution in [0.15, 0.2) is 47.4 Å². The maximum atomic E-state index is 13.0. The van der Waals surface area contributed by atoms with Crippen LogP contribution in [0.1, 0.15) is 19.8 Å². The molecule has 0 aromatic heterocycles. The van der Waals surface area contributed by atoms with Crippen LogP contribution in [-0.4, -0.2) is 55.9 Å². The van der Waals surface area contributed by atoms with E-state index in [1.165, 1.54) is 17.1 Å². The van der Waals surface area contributed by atoms with Gasteiger partial charge in [-0.2, -0.15) is 4.31 Å². The summed E-state index contributed by atoms with van der Waals surface area (Å²) in [7, 11) is -3.55. The average molecular weight is 388 g/mol. The number of amides is 2. The maximum absolute atomic E-state index is 13.0. The van der Waals surface area contributed by atoms with E-state index < -0.39 is 10.0 Å². The van der Waals surface area contributed by atoms with Crippen LogP contribution in [0.3, 0.4) is 0 Å². The van der Waals surface area contributed by atoms with E-state index in [4.69, 9.17) is 0 Å². The van der Waals surface area contributed by atoms with E-state index in [0.717, 1.165) is 10.8 Å². The van der Waals surface area contributed by atoms with Crippen molar-refractivity contribution in [2.45, 2.75) is 30.7 Å². The molecule has 1 N–H and O–H groups in total. The number of benzene rings is 2. The summed E-state index contributed by atoms with van der Waals surface area (Å²) in [6.07, 6.45) is 2.36. The molecule has 144 valence electrons. The van der Waals surface area contributed by atoms with Gasteiger partial charge in [0.1, 0.15) is 0 Å². The van der Waals surface area contributed by atoms with Gasteiger partial charge in [-0.15, -0.1) is 0 Å². The third-order valence-electron chi connectivity index (χ3n) is 5.56. The molecule has 1 saturated heterocycles. The molecular weight excluding hydrogens is 362 g/mol. The molecule has 0 spiro atoms. The number of hydrogen-bond donors (Lipinski definition) is 1. The molecule has 2 amide bonds. The van der Waals surface area contributed by atoms with Crippen molar-refractivity contribution in [2.75, 3.05) is 26.2 Å². The third kappa shape index (κ3) is 3.80. The summed E-state index contributed by atoms with van der Waals surface area (Å²) in [6.45, 7) is 3.50. The van der Waals surface area contributed by atoms with E-state index >= 15 is 0 Å². The first-order valence-electron chi connectivity index (χ1n) is 9.49. The van der Waals surface area contributed by atoms with Crippen molar-refractivity contribution in [2.24, 2.45) is 5.92 Å². The van der Waals surface area contributed by atoms with Gasteiger partial charge in [-0.25, -0.2) is 13.2 Å². The summed E-state index contributed by atoms with van der Waals surface area (Å²) < 4.78 is 27.5. The van der Waals surface area contributed by atoms with E-state index in [1.54, 1.807) is 17.0 Å². The van der Waals surface area contributed by atoms with Crippen LogP contribution in [-0.2, 0) is 10.0 Å². The Morgan fingerprint density at radius 2 is 1.70 bits per heavy atom. The van der Waals surface area contributed by atoms with Crippen molar-refractivity contribution in [1.82, 2.24) is 14.5 Å². The molecule has 2 aromatic rings. The Balaban J connectivity index is 1.42. The number of rotatable bonds is 4. The number of piperazine rings is 1. The van der Waals surface area contributed by atoms with Gasteiger partial charge in [0.2, 0.25) is 10.0 Å². The van der Waals surface area contributed by atoms with Gasteiger partial charge in [0.15, 0.2) is 0 Å². The molecule has 6 nitrogen and oxygen atoms in total. The highest BCUT2D eigenvalue weighted by atomic mass is 32.2. The summed E-state index contributed by atoms with van der Waals surface area (Å²) in [5.41, 5.74) is 0. The molecule has 1 aliphatic heterocycles. The first-order chi connectivity index (χ1) is 12.9. The lowest BCUT2D eigenvalue weighted by Gasteiger charge is -2.34. The number of urea groups is 1. The highest BCUT2D eigenvalue weighted by Crippen LogP contribution is 2.32. The smallest absolute Gasteiger partial charge is 0.317 e. The van der Waals surface area contributed by atoms with Gasteiger partial charge in [-0.05, 0) is 48.6 Å². The van der Waals surface area contributed by atoms with Crippen LogP contribution < -0.4 is 5.32 Å². The zero-order chi connectivity index (χ0) is 19.0. The van der Waals surface area contributed by atoms with Crippen molar-refractivity contribution in [3.63, 3.8) is 0 Å². The molecule has 2 aliphatic rings. The summed E-state index contributed by atoms with van der Waals surface area (Å²) in [6, 6.07) is 13.0. The number of carbonyl (C=O) groups excluding carboxylic acids is 1. The molecule has 4 rings (SSSR count). The summed E-state index contributed by atoms with van der Waals surface area (Å²) in [5.74, 6) is 0.600.